The second-order valence-corrected chi connectivity index (χ2v) is 9.04. The van der Waals surface area contributed by atoms with Gasteiger partial charge in [0.1, 0.15) is 17.4 Å². The number of nitrogens with one attached hydrogen (secondary N) is 1. The third-order valence-electron chi connectivity index (χ3n) is 4.54. The van der Waals surface area contributed by atoms with Gasteiger partial charge in [-0.15, -0.1) is 0 Å². The molecule has 0 fully saturated rings. The molecule has 0 aromatic heterocycles. The molecule has 2 aromatic carbocycles. The Hall–Kier alpha value is -2.61. The minimum Gasteiger partial charge on any atom is -0.489 e. The quantitative estimate of drug-likeness (QED) is 0.553. The van der Waals surface area contributed by atoms with Gasteiger partial charge in [0, 0.05) is 21.5 Å². The first-order valence-electron chi connectivity index (χ1n) is 9.48. The maximum absolute atomic E-state index is 12.5. The molecule has 158 valence electrons. The van der Waals surface area contributed by atoms with E-state index in [1.165, 1.54) is 16.8 Å². The van der Waals surface area contributed by atoms with E-state index in [0.29, 0.717) is 26.5 Å². The third kappa shape index (κ3) is 4.69. The second-order valence-electron chi connectivity index (χ2n) is 7.21. The lowest BCUT2D eigenvalue weighted by atomic mass is 10.1. The Kier molecular flexibility index (Phi) is 6.18. The number of benzene rings is 2. The Labute approximate surface area is 194 Å². The predicted molar refractivity (Wildman–Crippen MR) is 127 cm³/mol. The minimum atomic E-state index is -0.455. The molecule has 2 aliphatic heterocycles. The Balaban J connectivity index is 1.54. The van der Waals surface area contributed by atoms with E-state index in [1.807, 2.05) is 38.1 Å². The molecule has 2 aromatic rings. The molecule has 0 radical (unpaired) electrons. The number of carbonyl (C=O) groups is 1. The summed E-state index contributed by atoms with van der Waals surface area (Å²) in [6.45, 7) is 4.29. The SMILES string of the molecule is CC(C)C1=NN2C(=N)/C(=C/c3cccc(OCc4ccc(Cl)cc4Cl)c3)C(=O)N=C2S1. The van der Waals surface area contributed by atoms with Gasteiger partial charge in [-0.25, -0.2) is 0 Å². The molecule has 0 saturated heterocycles. The van der Waals surface area contributed by atoms with Crippen molar-refractivity contribution < 1.29 is 9.53 Å². The number of nitrogens with zero attached hydrogens (tertiary/aromatic N) is 3. The number of hydrogen-bond donors (Lipinski definition) is 1. The molecule has 2 heterocycles. The molecule has 0 unspecified atom stereocenters. The molecule has 1 N–H and O–H groups in total. The van der Waals surface area contributed by atoms with E-state index >= 15 is 0 Å². The summed E-state index contributed by atoms with van der Waals surface area (Å²) in [5, 5.41) is 16.6. The van der Waals surface area contributed by atoms with E-state index in [1.54, 1.807) is 24.3 Å². The number of amidine groups is 2. The fourth-order valence-electron chi connectivity index (χ4n) is 2.90. The first-order valence-corrected chi connectivity index (χ1v) is 11.1. The highest BCUT2D eigenvalue weighted by Gasteiger charge is 2.36. The second kappa shape index (κ2) is 8.86. The Morgan fingerprint density at radius 2 is 2.03 bits per heavy atom. The van der Waals surface area contributed by atoms with Crippen LogP contribution in [0.15, 0.2) is 58.1 Å². The van der Waals surface area contributed by atoms with Gasteiger partial charge in [0.15, 0.2) is 5.84 Å². The van der Waals surface area contributed by atoms with Gasteiger partial charge in [0.2, 0.25) is 5.17 Å². The number of thioether (sulfide) groups is 1. The number of rotatable bonds is 5. The Bertz CT molecular complexity index is 1170. The van der Waals surface area contributed by atoms with E-state index in [4.69, 9.17) is 33.3 Å². The monoisotopic (exact) mass is 472 g/mol. The number of halogens is 2. The summed E-state index contributed by atoms with van der Waals surface area (Å²) in [4.78, 5) is 16.7. The lowest BCUT2D eigenvalue weighted by molar-refractivity contribution is -0.114. The molecule has 0 bridgehead atoms. The van der Waals surface area contributed by atoms with Crippen LogP contribution in [0.5, 0.6) is 5.75 Å². The molecule has 0 aliphatic carbocycles. The molecule has 0 atom stereocenters. The highest BCUT2D eigenvalue weighted by molar-refractivity contribution is 8.27. The number of hydrazone groups is 1. The largest absolute Gasteiger partial charge is 0.489 e. The lowest BCUT2D eigenvalue weighted by Crippen LogP contribution is -2.35. The van der Waals surface area contributed by atoms with Crippen molar-refractivity contribution in [3.05, 3.63) is 69.2 Å². The maximum atomic E-state index is 12.5. The first-order chi connectivity index (χ1) is 14.8. The van der Waals surface area contributed by atoms with Gasteiger partial charge in [0.05, 0.1) is 5.57 Å². The van der Waals surface area contributed by atoms with Crippen LogP contribution in [0.3, 0.4) is 0 Å². The topological polar surface area (TPSA) is 78.1 Å². The zero-order valence-electron chi connectivity index (χ0n) is 16.7. The van der Waals surface area contributed by atoms with Crippen molar-refractivity contribution in [1.82, 2.24) is 5.01 Å². The molecule has 1 amide bonds. The molecule has 31 heavy (non-hydrogen) atoms. The van der Waals surface area contributed by atoms with E-state index in [2.05, 4.69) is 10.1 Å². The third-order valence-corrected chi connectivity index (χ3v) is 6.34. The van der Waals surface area contributed by atoms with Crippen LogP contribution in [0, 0.1) is 11.3 Å². The lowest BCUT2D eigenvalue weighted by Gasteiger charge is -2.20. The van der Waals surface area contributed by atoms with Crippen molar-refractivity contribution in [3.8, 4) is 5.75 Å². The Morgan fingerprint density at radius 1 is 1.23 bits per heavy atom. The average Bonchev–Trinajstić information content (AvgIpc) is 3.15. The van der Waals surface area contributed by atoms with Crippen molar-refractivity contribution in [2.45, 2.75) is 20.5 Å². The Morgan fingerprint density at radius 3 is 2.77 bits per heavy atom. The van der Waals surface area contributed by atoms with Crippen molar-refractivity contribution in [3.63, 3.8) is 0 Å². The molecule has 4 rings (SSSR count). The standard InChI is InChI=1S/C22H18Cl2N4O2S/c1-12(2)21-27-28-19(25)17(20(29)26-22(28)31-21)9-13-4-3-5-16(8-13)30-11-14-6-7-15(23)10-18(14)24/h3-10,12,25H,11H2,1-2H3/b17-9-,25-19?. The van der Waals surface area contributed by atoms with E-state index < -0.39 is 5.91 Å². The highest BCUT2D eigenvalue weighted by Crippen LogP contribution is 2.31. The van der Waals surface area contributed by atoms with Crippen molar-refractivity contribution in [2.24, 2.45) is 16.0 Å². The van der Waals surface area contributed by atoms with E-state index in [0.717, 1.165) is 10.6 Å². The smallest absolute Gasteiger partial charge is 0.283 e. The van der Waals surface area contributed by atoms with Crippen LogP contribution < -0.4 is 4.74 Å². The number of hydrogen-bond acceptors (Lipinski definition) is 5. The number of ether oxygens (including phenoxy) is 1. The van der Waals surface area contributed by atoms with Gasteiger partial charge in [-0.2, -0.15) is 15.1 Å². The molecular weight excluding hydrogens is 455 g/mol. The van der Waals surface area contributed by atoms with E-state index in [-0.39, 0.29) is 23.9 Å². The molecular formula is C22H18Cl2N4O2S. The summed E-state index contributed by atoms with van der Waals surface area (Å²) in [6, 6.07) is 12.5. The van der Waals surface area contributed by atoms with Gasteiger partial charge in [-0.3, -0.25) is 10.2 Å². The van der Waals surface area contributed by atoms with Gasteiger partial charge >= 0.3 is 0 Å². The van der Waals surface area contributed by atoms with Crippen LogP contribution in [0.2, 0.25) is 10.0 Å². The summed E-state index contributed by atoms with van der Waals surface area (Å²) in [5.74, 6) is 0.355. The highest BCUT2D eigenvalue weighted by atomic mass is 35.5. The van der Waals surface area contributed by atoms with E-state index in [9.17, 15) is 4.79 Å². The minimum absolute atomic E-state index is 0.0115. The number of fused-ring (bicyclic) bond motifs is 1. The molecule has 0 saturated carbocycles. The zero-order chi connectivity index (χ0) is 22.1. The summed E-state index contributed by atoms with van der Waals surface area (Å²) in [5.41, 5.74) is 1.70. The van der Waals surface area contributed by atoms with Crippen LogP contribution in [0.25, 0.3) is 6.08 Å². The van der Waals surface area contributed by atoms with Crippen molar-refractivity contribution in [2.75, 3.05) is 0 Å². The van der Waals surface area contributed by atoms with Crippen LogP contribution >= 0.6 is 35.0 Å². The summed E-state index contributed by atoms with van der Waals surface area (Å²) < 4.78 is 5.85. The van der Waals surface area contributed by atoms with Crippen LogP contribution in [-0.4, -0.2) is 27.0 Å². The predicted octanol–water partition coefficient (Wildman–Crippen LogP) is 5.85. The van der Waals surface area contributed by atoms with Crippen LogP contribution in [0.4, 0.5) is 0 Å². The molecule has 9 heteroatoms. The average molecular weight is 473 g/mol. The number of carbonyl (C=O) groups excluding carboxylic acids is 1. The van der Waals surface area contributed by atoms with Crippen LogP contribution in [0.1, 0.15) is 25.0 Å². The molecule has 0 spiro atoms. The van der Waals surface area contributed by atoms with Gasteiger partial charge in [0.25, 0.3) is 5.91 Å². The number of amides is 1. The maximum Gasteiger partial charge on any atom is 0.283 e. The van der Waals surface area contributed by atoms with Gasteiger partial charge < -0.3 is 4.74 Å². The van der Waals surface area contributed by atoms with Gasteiger partial charge in [-0.05, 0) is 47.7 Å². The first kappa shape index (κ1) is 21.6. The zero-order valence-corrected chi connectivity index (χ0v) is 19.1. The normalized spacial score (nSPS) is 17.2. The molecule has 6 nitrogen and oxygen atoms in total. The van der Waals surface area contributed by atoms with Gasteiger partial charge in [-0.1, -0.05) is 55.2 Å². The summed E-state index contributed by atoms with van der Waals surface area (Å²) >= 11 is 13.5. The van der Waals surface area contributed by atoms with Crippen molar-refractivity contribution >= 4 is 63.0 Å². The summed E-state index contributed by atoms with van der Waals surface area (Å²) in [6.07, 6.45) is 1.63. The number of aliphatic imine (C=N–C) groups is 1. The van der Waals surface area contributed by atoms with Crippen LogP contribution in [-0.2, 0) is 11.4 Å². The summed E-state index contributed by atoms with van der Waals surface area (Å²) in [7, 11) is 0. The fourth-order valence-corrected chi connectivity index (χ4v) is 4.26. The van der Waals surface area contributed by atoms with Crippen molar-refractivity contribution in [1.29, 1.82) is 5.41 Å². The molecule has 2 aliphatic rings. The fraction of sp³-hybridized carbons (Fsp3) is 0.182.